The molecule has 4 heteroatoms. The van der Waals surface area contributed by atoms with Gasteiger partial charge in [0, 0.05) is 25.2 Å². The van der Waals surface area contributed by atoms with Gasteiger partial charge in [0.25, 0.3) is 0 Å². The lowest BCUT2D eigenvalue weighted by atomic mass is 9.75. The number of pyridine rings is 1. The third-order valence-electron chi connectivity index (χ3n) is 5.09. The summed E-state index contributed by atoms with van der Waals surface area (Å²) in [6, 6.07) is 4.70. The first-order chi connectivity index (χ1) is 10.0. The first-order valence-corrected chi connectivity index (χ1v) is 8.04. The number of aromatic nitrogens is 1. The molecule has 1 heterocycles. The van der Waals surface area contributed by atoms with Crippen molar-refractivity contribution in [1.82, 2.24) is 15.2 Å². The fourth-order valence-corrected chi connectivity index (χ4v) is 3.25. The molecule has 1 N–H and O–H groups in total. The molecule has 0 saturated heterocycles. The van der Waals surface area contributed by atoms with Gasteiger partial charge in [0.15, 0.2) is 0 Å². The molecule has 1 unspecified atom stereocenters. The van der Waals surface area contributed by atoms with Crippen molar-refractivity contribution in [2.75, 3.05) is 39.6 Å². The van der Waals surface area contributed by atoms with Gasteiger partial charge in [-0.2, -0.15) is 0 Å². The second-order valence-electron chi connectivity index (χ2n) is 6.52. The standard InChI is InChI=1S/C17H30N4/c1-6-15(18-2)16-9-8-14(12-19-16)21(5)13-17(20(3)4)10-7-11-17/h8-9,12,15,18H,6-7,10-11,13H2,1-5H3. The Hall–Kier alpha value is -1.13. The minimum absolute atomic E-state index is 0.351. The Labute approximate surface area is 129 Å². The van der Waals surface area contributed by atoms with Gasteiger partial charge in [-0.15, -0.1) is 0 Å². The second-order valence-corrected chi connectivity index (χ2v) is 6.52. The molecular weight excluding hydrogens is 260 g/mol. The van der Waals surface area contributed by atoms with Crippen LogP contribution in [0, 0.1) is 0 Å². The van der Waals surface area contributed by atoms with Crippen LogP contribution in [0.4, 0.5) is 5.69 Å². The Kier molecular flexibility index (Phi) is 5.22. The minimum Gasteiger partial charge on any atom is -0.371 e. The fraction of sp³-hybridized carbons (Fsp3) is 0.706. The van der Waals surface area contributed by atoms with E-state index in [4.69, 9.17) is 0 Å². The van der Waals surface area contributed by atoms with E-state index < -0.39 is 0 Å². The van der Waals surface area contributed by atoms with Crippen LogP contribution in [0.2, 0.25) is 0 Å². The molecule has 1 aromatic rings. The summed E-state index contributed by atoms with van der Waals surface area (Å²) in [6.07, 6.45) is 7.02. The van der Waals surface area contributed by atoms with Crippen LogP contribution < -0.4 is 10.2 Å². The average molecular weight is 290 g/mol. The van der Waals surface area contributed by atoms with Gasteiger partial charge in [0.2, 0.25) is 0 Å². The lowest BCUT2D eigenvalue weighted by Crippen LogP contribution is -2.56. The average Bonchev–Trinajstić information content (AvgIpc) is 2.44. The molecule has 0 radical (unpaired) electrons. The molecule has 1 aliphatic rings. The van der Waals surface area contributed by atoms with Crippen LogP contribution in [0.3, 0.4) is 0 Å². The highest BCUT2D eigenvalue weighted by molar-refractivity contribution is 5.44. The molecule has 4 nitrogen and oxygen atoms in total. The zero-order valence-electron chi connectivity index (χ0n) is 14.2. The van der Waals surface area contributed by atoms with Crippen LogP contribution in [-0.2, 0) is 0 Å². The molecule has 1 fully saturated rings. The largest absolute Gasteiger partial charge is 0.371 e. The van der Waals surface area contributed by atoms with E-state index in [1.165, 1.54) is 24.9 Å². The monoisotopic (exact) mass is 290 g/mol. The van der Waals surface area contributed by atoms with Crippen molar-refractivity contribution in [1.29, 1.82) is 0 Å². The van der Waals surface area contributed by atoms with E-state index in [0.29, 0.717) is 11.6 Å². The molecule has 1 aliphatic carbocycles. The molecule has 0 amide bonds. The number of hydrogen-bond donors (Lipinski definition) is 1. The van der Waals surface area contributed by atoms with Crippen LogP contribution in [-0.4, -0.2) is 50.2 Å². The van der Waals surface area contributed by atoms with Gasteiger partial charge in [-0.05, 0) is 59.0 Å². The predicted octanol–water partition coefficient (Wildman–Crippen LogP) is 2.67. The normalized spacial score (nSPS) is 18.4. The number of nitrogens with one attached hydrogen (secondary N) is 1. The summed E-state index contributed by atoms with van der Waals surface area (Å²) in [7, 11) is 8.57. The summed E-state index contributed by atoms with van der Waals surface area (Å²) in [4.78, 5) is 9.38. The van der Waals surface area contributed by atoms with E-state index in [1.807, 2.05) is 13.2 Å². The van der Waals surface area contributed by atoms with Crippen molar-refractivity contribution in [2.24, 2.45) is 0 Å². The van der Waals surface area contributed by atoms with Gasteiger partial charge in [-0.1, -0.05) is 6.92 Å². The maximum Gasteiger partial charge on any atom is 0.0574 e. The quantitative estimate of drug-likeness (QED) is 0.836. The Morgan fingerprint density at radius 2 is 2.00 bits per heavy atom. The summed E-state index contributed by atoms with van der Waals surface area (Å²) in [5, 5.41) is 3.31. The van der Waals surface area contributed by atoms with Crippen LogP contribution in [0.15, 0.2) is 18.3 Å². The van der Waals surface area contributed by atoms with Crippen molar-refractivity contribution in [2.45, 2.75) is 44.2 Å². The number of anilines is 1. The van der Waals surface area contributed by atoms with Gasteiger partial charge in [-0.3, -0.25) is 4.98 Å². The summed E-state index contributed by atoms with van der Waals surface area (Å²) in [5.74, 6) is 0. The Balaban J connectivity index is 2.04. The SMILES string of the molecule is CCC(NC)c1ccc(N(C)CC2(N(C)C)CCC2)cn1. The summed E-state index contributed by atoms with van der Waals surface area (Å²) >= 11 is 0. The molecular formula is C17H30N4. The van der Waals surface area contributed by atoms with E-state index in [9.17, 15) is 0 Å². The zero-order chi connectivity index (χ0) is 15.5. The predicted molar refractivity (Wildman–Crippen MR) is 89.9 cm³/mol. The molecule has 0 spiro atoms. The van der Waals surface area contributed by atoms with E-state index in [1.54, 1.807) is 0 Å². The Morgan fingerprint density at radius 1 is 1.29 bits per heavy atom. The highest BCUT2D eigenvalue weighted by Gasteiger charge is 2.39. The van der Waals surface area contributed by atoms with Crippen LogP contribution in [0.1, 0.15) is 44.3 Å². The van der Waals surface area contributed by atoms with Gasteiger partial charge in [0.05, 0.1) is 17.6 Å². The third-order valence-corrected chi connectivity index (χ3v) is 5.09. The van der Waals surface area contributed by atoms with Crippen molar-refractivity contribution in [3.05, 3.63) is 24.0 Å². The van der Waals surface area contributed by atoms with E-state index in [2.05, 4.69) is 60.3 Å². The minimum atomic E-state index is 0.351. The summed E-state index contributed by atoms with van der Waals surface area (Å²) < 4.78 is 0. The number of likely N-dealkylation sites (N-methyl/N-ethyl adjacent to an activating group) is 2. The lowest BCUT2D eigenvalue weighted by molar-refractivity contribution is 0.0683. The maximum atomic E-state index is 4.64. The number of nitrogens with zero attached hydrogens (tertiary/aromatic N) is 3. The lowest BCUT2D eigenvalue weighted by Gasteiger charge is -2.49. The summed E-state index contributed by atoms with van der Waals surface area (Å²) in [6.45, 7) is 3.25. The van der Waals surface area contributed by atoms with Gasteiger partial charge < -0.3 is 15.1 Å². The Bertz CT molecular complexity index is 433. The maximum absolute atomic E-state index is 4.64. The second kappa shape index (κ2) is 6.75. The Morgan fingerprint density at radius 3 is 2.38 bits per heavy atom. The zero-order valence-corrected chi connectivity index (χ0v) is 14.2. The topological polar surface area (TPSA) is 31.4 Å². The van der Waals surface area contributed by atoms with Crippen molar-refractivity contribution in [3.63, 3.8) is 0 Å². The molecule has 1 saturated carbocycles. The van der Waals surface area contributed by atoms with Gasteiger partial charge in [0.1, 0.15) is 0 Å². The molecule has 0 aliphatic heterocycles. The summed E-state index contributed by atoms with van der Waals surface area (Å²) in [5.41, 5.74) is 2.69. The smallest absolute Gasteiger partial charge is 0.0574 e. The van der Waals surface area contributed by atoms with Crippen LogP contribution in [0.25, 0.3) is 0 Å². The molecule has 1 aromatic heterocycles. The molecule has 0 aromatic carbocycles. The highest BCUT2D eigenvalue weighted by atomic mass is 15.2. The number of rotatable bonds is 7. The first kappa shape index (κ1) is 16.2. The first-order valence-electron chi connectivity index (χ1n) is 8.04. The van der Waals surface area contributed by atoms with E-state index >= 15 is 0 Å². The van der Waals surface area contributed by atoms with E-state index in [0.717, 1.165) is 18.7 Å². The van der Waals surface area contributed by atoms with Crippen LogP contribution >= 0.6 is 0 Å². The molecule has 21 heavy (non-hydrogen) atoms. The molecule has 1 atom stereocenters. The van der Waals surface area contributed by atoms with Crippen LogP contribution in [0.5, 0.6) is 0 Å². The van der Waals surface area contributed by atoms with Crippen molar-refractivity contribution in [3.8, 4) is 0 Å². The number of hydrogen-bond acceptors (Lipinski definition) is 4. The third kappa shape index (κ3) is 3.38. The van der Waals surface area contributed by atoms with Crippen molar-refractivity contribution < 1.29 is 0 Å². The molecule has 118 valence electrons. The highest BCUT2D eigenvalue weighted by Crippen LogP contribution is 2.37. The van der Waals surface area contributed by atoms with Gasteiger partial charge >= 0.3 is 0 Å². The van der Waals surface area contributed by atoms with Crippen molar-refractivity contribution >= 4 is 5.69 Å². The van der Waals surface area contributed by atoms with E-state index in [-0.39, 0.29) is 0 Å². The molecule has 0 bridgehead atoms. The van der Waals surface area contributed by atoms with Gasteiger partial charge in [-0.25, -0.2) is 0 Å². The fourth-order valence-electron chi connectivity index (χ4n) is 3.25. The molecule has 2 rings (SSSR count).